The molecule has 0 spiro atoms. The van der Waals surface area contributed by atoms with E-state index in [2.05, 4.69) is 23.8 Å². The summed E-state index contributed by atoms with van der Waals surface area (Å²) < 4.78 is -0.642. The number of carbonyl (C=O) groups is 2. The van der Waals surface area contributed by atoms with Crippen LogP contribution in [0.25, 0.3) is 0 Å². The lowest BCUT2D eigenvalue weighted by molar-refractivity contribution is -0.123. The number of thioether (sulfide) groups is 2. The highest BCUT2D eigenvalue weighted by atomic mass is 32.2. The maximum absolute atomic E-state index is 11.9. The molecule has 0 aliphatic carbocycles. The van der Waals surface area contributed by atoms with Gasteiger partial charge in [-0.1, -0.05) is 43.6 Å². The predicted molar refractivity (Wildman–Crippen MR) is 71.1 cm³/mol. The van der Waals surface area contributed by atoms with E-state index in [9.17, 15) is 9.59 Å². The zero-order valence-electron chi connectivity index (χ0n) is 9.70. The highest BCUT2D eigenvalue weighted by Crippen LogP contribution is 2.47. The lowest BCUT2D eigenvalue weighted by Crippen LogP contribution is -2.45. The first kappa shape index (κ1) is 12.6. The van der Waals surface area contributed by atoms with Crippen molar-refractivity contribution >= 4 is 35.3 Å². The molecule has 0 aromatic heterocycles. The second-order valence-corrected chi connectivity index (χ2v) is 7.11. The fourth-order valence-corrected chi connectivity index (χ4v) is 4.26. The quantitative estimate of drug-likeness (QED) is 0.797. The summed E-state index contributed by atoms with van der Waals surface area (Å²) in [7, 11) is 0. The van der Waals surface area contributed by atoms with E-state index in [1.54, 1.807) is 0 Å². The molecule has 92 valence electrons. The van der Waals surface area contributed by atoms with Crippen molar-refractivity contribution in [3.63, 3.8) is 0 Å². The van der Waals surface area contributed by atoms with Crippen molar-refractivity contribution < 1.29 is 9.59 Å². The zero-order chi connectivity index (χ0) is 12.8. The Morgan fingerprint density at radius 3 is 2.35 bits per heavy atom. The predicted octanol–water partition coefficient (Wildman–Crippen LogP) is 1.42. The highest BCUT2D eigenvalue weighted by molar-refractivity contribution is 8.06. The first-order valence-corrected chi connectivity index (χ1v) is 6.90. The highest BCUT2D eigenvalue weighted by Gasteiger charge is 2.51. The minimum atomic E-state index is -0.642. The van der Waals surface area contributed by atoms with Gasteiger partial charge in [0, 0.05) is 5.92 Å². The van der Waals surface area contributed by atoms with Gasteiger partial charge in [0.25, 0.3) is 0 Å². The fourth-order valence-electron chi connectivity index (χ4n) is 1.94. The van der Waals surface area contributed by atoms with Crippen LogP contribution < -0.4 is 10.6 Å². The molecule has 2 saturated heterocycles. The summed E-state index contributed by atoms with van der Waals surface area (Å²) in [5.74, 6) is -0.249. The van der Waals surface area contributed by atoms with Crippen LogP contribution in [0.3, 0.4) is 0 Å². The minimum absolute atomic E-state index is 0.0698. The molecule has 4 nitrogen and oxygen atoms in total. The molecule has 3 atom stereocenters. The molecular formula is C11H14N2O2S2. The molecule has 2 aliphatic rings. The Bertz CT molecular complexity index is 435. The Kier molecular flexibility index (Phi) is 3.03. The average molecular weight is 270 g/mol. The van der Waals surface area contributed by atoms with Crippen LogP contribution in [-0.2, 0) is 9.59 Å². The Hall–Kier alpha value is -0.880. The summed E-state index contributed by atoms with van der Waals surface area (Å²) in [6.07, 6.45) is 0. The van der Waals surface area contributed by atoms with Crippen LogP contribution in [-0.4, -0.2) is 21.8 Å². The molecule has 0 saturated carbocycles. The Balaban J connectivity index is 2.23. The molecule has 6 heteroatoms. The molecule has 3 unspecified atom stereocenters. The van der Waals surface area contributed by atoms with Crippen molar-refractivity contribution in [2.75, 3.05) is 0 Å². The SMILES string of the molecule is C=C1NC(=O)C(C(C)C2(C)SC(=C)NC2=O)S1. The van der Waals surface area contributed by atoms with Crippen molar-refractivity contribution in [3.8, 4) is 0 Å². The van der Waals surface area contributed by atoms with Crippen LogP contribution in [0.1, 0.15) is 13.8 Å². The first-order chi connectivity index (χ1) is 7.84. The van der Waals surface area contributed by atoms with Gasteiger partial charge in [-0.15, -0.1) is 0 Å². The van der Waals surface area contributed by atoms with Crippen molar-refractivity contribution in [1.82, 2.24) is 10.6 Å². The van der Waals surface area contributed by atoms with E-state index in [0.717, 1.165) is 0 Å². The third kappa shape index (κ3) is 1.99. The van der Waals surface area contributed by atoms with Gasteiger partial charge in [-0.3, -0.25) is 9.59 Å². The molecule has 0 radical (unpaired) electrons. The monoisotopic (exact) mass is 270 g/mol. The van der Waals surface area contributed by atoms with Gasteiger partial charge in [-0.2, -0.15) is 0 Å². The molecule has 17 heavy (non-hydrogen) atoms. The topological polar surface area (TPSA) is 58.2 Å². The van der Waals surface area contributed by atoms with E-state index in [-0.39, 0.29) is 23.0 Å². The van der Waals surface area contributed by atoms with E-state index in [0.29, 0.717) is 10.1 Å². The normalized spacial score (nSPS) is 34.8. The molecule has 2 rings (SSSR count). The Morgan fingerprint density at radius 2 is 1.94 bits per heavy atom. The number of carbonyl (C=O) groups excluding carboxylic acids is 2. The summed E-state index contributed by atoms with van der Waals surface area (Å²) in [6.45, 7) is 11.2. The summed E-state index contributed by atoms with van der Waals surface area (Å²) >= 11 is 2.79. The summed E-state index contributed by atoms with van der Waals surface area (Å²) in [4.78, 5) is 23.7. The smallest absolute Gasteiger partial charge is 0.241 e. The summed E-state index contributed by atoms with van der Waals surface area (Å²) in [6, 6.07) is 0. The molecular weight excluding hydrogens is 256 g/mol. The number of rotatable bonds is 2. The van der Waals surface area contributed by atoms with Gasteiger partial charge in [0.15, 0.2) is 0 Å². The average Bonchev–Trinajstić information content (AvgIpc) is 2.67. The van der Waals surface area contributed by atoms with E-state index < -0.39 is 4.75 Å². The van der Waals surface area contributed by atoms with Crippen molar-refractivity contribution in [2.45, 2.75) is 23.8 Å². The molecule has 0 aromatic rings. The molecule has 2 fully saturated rings. The maximum Gasteiger partial charge on any atom is 0.241 e. The molecule has 2 heterocycles. The van der Waals surface area contributed by atoms with Crippen molar-refractivity contribution in [3.05, 3.63) is 23.2 Å². The summed E-state index contributed by atoms with van der Waals surface area (Å²) in [5.41, 5.74) is 0. The van der Waals surface area contributed by atoms with Crippen LogP contribution in [0.5, 0.6) is 0 Å². The van der Waals surface area contributed by atoms with Gasteiger partial charge in [-0.25, -0.2) is 0 Å². The number of hydrogen-bond acceptors (Lipinski definition) is 4. The van der Waals surface area contributed by atoms with Crippen LogP contribution >= 0.6 is 23.5 Å². The lowest BCUT2D eigenvalue weighted by Gasteiger charge is -2.29. The van der Waals surface area contributed by atoms with Crippen LogP contribution in [0.15, 0.2) is 23.2 Å². The van der Waals surface area contributed by atoms with Gasteiger partial charge in [0.1, 0.15) is 4.75 Å². The minimum Gasteiger partial charge on any atom is -0.320 e. The second kappa shape index (κ2) is 4.10. The number of amides is 2. The van der Waals surface area contributed by atoms with E-state index in [1.165, 1.54) is 23.5 Å². The number of nitrogens with one attached hydrogen (secondary N) is 2. The third-order valence-electron chi connectivity index (χ3n) is 3.15. The largest absolute Gasteiger partial charge is 0.320 e. The Labute approximate surface area is 109 Å². The molecule has 0 bridgehead atoms. The first-order valence-electron chi connectivity index (χ1n) is 5.20. The van der Waals surface area contributed by atoms with Crippen molar-refractivity contribution in [1.29, 1.82) is 0 Å². The van der Waals surface area contributed by atoms with Gasteiger partial charge in [0.05, 0.1) is 15.3 Å². The van der Waals surface area contributed by atoms with E-state index in [4.69, 9.17) is 0 Å². The maximum atomic E-state index is 11.9. The van der Waals surface area contributed by atoms with Crippen LogP contribution in [0.4, 0.5) is 0 Å². The number of hydrogen-bond donors (Lipinski definition) is 2. The van der Waals surface area contributed by atoms with Gasteiger partial charge >= 0.3 is 0 Å². The third-order valence-corrected chi connectivity index (χ3v) is 5.74. The van der Waals surface area contributed by atoms with Crippen molar-refractivity contribution in [2.24, 2.45) is 5.92 Å². The second-order valence-electron chi connectivity index (χ2n) is 4.33. The van der Waals surface area contributed by atoms with Gasteiger partial charge < -0.3 is 10.6 Å². The van der Waals surface area contributed by atoms with Crippen LogP contribution in [0.2, 0.25) is 0 Å². The van der Waals surface area contributed by atoms with Crippen LogP contribution in [0, 0.1) is 5.92 Å². The fraction of sp³-hybridized carbons (Fsp3) is 0.455. The van der Waals surface area contributed by atoms with Gasteiger partial charge in [-0.05, 0) is 6.92 Å². The molecule has 0 aromatic carbocycles. The van der Waals surface area contributed by atoms with E-state index in [1.807, 2.05) is 13.8 Å². The zero-order valence-corrected chi connectivity index (χ0v) is 11.3. The Morgan fingerprint density at radius 1 is 1.29 bits per heavy atom. The lowest BCUT2D eigenvalue weighted by atomic mass is 9.90. The molecule has 2 N–H and O–H groups in total. The van der Waals surface area contributed by atoms with E-state index >= 15 is 0 Å². The molecule has 2 amide bonds. The standard InChI is InChI=1S/C11H14N2O2S2/c1-5(8-9(14)12-6(2)16-8)11(4)10(15)13-7(3)17-11/h5,8H,2-3H2,1,4H3,(H,12,14)(H,13,15). The molecule has 2 aliphatic heterocycles. The van der Waals surface area contributed by atoms with Gasteiger partial charge in [0.2, 0.25) is 11.8 Å². The summed E-state index contributed by atoms with van der Waals surface area (Å²) in [5, 5.41) is 6.41.